The molecular weight excluding hydrogens is 240 g/mol. The zero-order chi connectivity index (χ0) is 13.3. The summed E-state index contributed by atoms with van der Waals surface area (Å²) in [4.78, 5) is 26.5. The summed E-state index contributed by atoms with van der Waals surface area (Å²) in [6, 6.07) is 0. The van der Waals surface area contributed by atoms with Crippen LogP contribution in [0.5, 0.6) is 0 Å². The van der Waals surface area contributed by atoms with Gasteiger partial charge in [0, 0.05) is 6.42 Å². The molecule has 0 aromatic carbocycles. The van der Waals surface area contributed by atoms with Gasteiger partial charge in [-0.2, -0.15) is 0 Å². The van der Waals surface area contributed by atoms with Gasteiger partial charge in [0.05, 0.1) is 39.0 Å². The summed E-state index contributed by atoms with van der Waals surface area (Å²) >= 11 is 4.45. The van der Waals surface area contributed by atoms with Crippen molar-refractivity contribution in [3.8, 4) is 0 Å². The summed E-state index contributed by atoms with van der Waals surface area (Å²) in [5.74, 6) is -1.24. The highest BCUT2D eigenvalue weighted by Gasteiger charge is 2.25. The molecule has 0 fully saturated rings. The molecule has 0 heterocycles. The van der Waals surface area contributed by atoms with Crippen LogP contribution < -0.4 is 0 Å². The number of Topliss-reactive ketones (excluding diaryl/α,β-unsaturated/α-hetero) is 1. The van der Waals surface area contributed by atoms with Gasteiger partial charge in [-0.25, -0.2) is 9.79 Å². The summed E-state index contributed by atoms with van der Waals surface area (Å²) in [5.41, 5.74) is 0. The fourth-order valence-corrected chi connectivity index (χ4v) is 1.46. The van der Waals surface area contributed by atoms with Crippen molar-refractivity contribution < 1.29 is 18.8 Å². The van der Waals surface area contributed by atoms with E-state index in [-0.39, 0.29) is 13.2 Å². The average molecular weight is 259 g/mol. The number of carbonyl (C=O) groups is 2. The van der Waals surface area contributed by atoms with Crippen LogP contribution in [0.25, 0.3) is 0 Å². The van der Waals surface area contributed by atoms with E-state index < -0.39 is 11.8 Å². The Bertz CT molecular complexity index is 323. The topological polar surface area (TPSA) is 55.7 Å². The minimum absolute atomic E-state index is 0.139. The van der Waals surface area contributed by atoms with Crippen molar-refractivity contribution in [1.29, 1.82) is 0 Å². The second-order valence-electron chi connectivity index (χ2n) is 4.29. The minimum Gasteiger partial charge on any atom is -0.460 e. The third kappa shape index (κ3) is 7.74. The van der Waals surface area contributed by atoms with Crippen LogP contribution in [0.1, 0.15) is 13.3 Å². The molecule has 0 aromatic rings. The molecule has 0 aliphatic rings. The second-order valence-corrected chi connectivity index (χ2v) is 4.47. The zero-order valence-corrected chi connectivity index (χ0v) is 11.4. The summed E-state index contributed by atoms with van der Waals surface area (Å²) in [5, 5.41) is 2.29. The van der Waals surface area contributed by atoms with E-state index in [4.69, 9.17) is 0 Å². The molecular formula is C11H19N2O3S+. The van der Waals surface area contributed by atoms with E-state index in [1.807, 2.05) is 14.1 Å². The Morgan fingerprint density at radius 2 is 2.06 bits per heavy atom. The Balaban J connectivity index is 4.10. The Hall–Kier alpha value is -1.10. The van der Waals surface area contributed by atoms with E-state index in [0.29, 0.717) is 11.0 Å². The number of hydrogen-bond acceptors (Lipinski definition) is 5. The monoisotopic (exact) mass is 259 g/mol. The molecule has 5 nitrogen and oxygen atoms in total. The molecule has 0 spiro atoms. The fourth-order valence-electron chi connectivity index (χ4n) is 1.37. The van der Waals surface area contributed by atoms with Gasteiger partial charge in [-0.1, -0.05) is 0 Å². The molecule has 0 rings (SSSR count). The van der Waals surface area contributed by atoms with E-state index in [0.717, 1.165) is 13.0 Å². The van der Waals surface area contributed by atoms with Crippen molar-refractivity contribution >= 4 is 29.1 Å². The van der Waals surface area contributed by atoms with E-state index in [9.17, 15) is 9.59 Å². The van der Waals surface area contributed by atoms with Crippen LogP contribution in [0.4, 0.5) is 0 Å². The first-order chi connectivity index (χ1) is 7.93. The van der Waals surface area contributed by atoms with Crippen LogP contribution in [0.2, 0.25) is 0 Å². The molecule has 6 heteroatoms. The average Bonchev–Trinajstić information content (AvgIpc) is 2.24. The van der Waals surface area contributed by atoms with Crippen molar-refractivity contribution in [2.24, 2.45) is 4.99 Å². The van der Waals surface area contributed by atoms with Crippen LogP contribution in [-0.2, 0) is 14.3 Å². The molecule has 0 aliphatic heterocycles. The highest BCUT2D eigenvalue weighted by Crippen LogP contribution is 2.00. The molecule has 0 aliphatic carbocycles. The predicted molar refractivity (Wildman–Crippen MR) is 68.0 cm³/mol. The maximum absolute atomic E-state index is 11.5. The van der Waals surface area contributed by atoms with Crippen LogP contribution in [0.3, 0.4) is 0 Å². The van der Waals surface area contributed by atoms with Crippen LogP contribution in [0, 0.1) is 0 Å². The third-order valence-electron chi connectivity index (χ3n) is 2.17. The number of likely N-dealkylation sites (N-methyl/N-ethyl adjacent to an activating group) is 1. The number of aliphatic imine (C=N–C) groups is 1. The normalized spacial score (nSPS) is 10.5. The first kappa shape index (κ1) is 15.9. The third-order valence-corrected chi connectivity index (χ3v) is 2.30. The highest BCUT2D eigenvalue weighted by molar-refractivity contribution is 7.78. The van der Waals surface area contributed by atoms with Gasteiger partial charge in [0.2, 0.25) is 0 Å². The van der Waals surface area contributed by atoms with Gasteiger partial charge in [0.15, 0.2) is 0 Å². The Labute approximate surface area is 107 Å². The van der Waals surface area contributed by atoms with Crippen LogP contribution in [-0.4, -0.2) is 61.7 Å². The molecule has 0 bridgehead atoms. The lowest BCUT2D eigenvalue weighted by atomic mass is 10.3. The standard InChI is InChI=1S/C11H19N2O3S/c1-4-16-11(15)10(14)8-13(2,3)7-5-6-12-9-17/h4-8H2,1-3H3/q+1. The number of thiocarbonyl (C=S) groups is 1. The van der Waals surface area contributed by atoms with Crippen molar-refractivity contribution in [3.63, 3.8) is 0 Å². The number of esters is 1. The summed E-state index contributed by atoms with van der Waals surface area (Å²) in [6.45, 7) is 3.38. The number of isothiocyanates is 1. The van der Waals surface area contributed by atoms with Gasteiger partial charge in [-0.3, -0.25) is 4.79 Å². The maximum atomic E-state index is 11.5. The summed E-state index contributed by atoms with van der Waals surface area (Å²) in [7, 11) is 3.77. The summed E-state index contributed by atoms with van der Waals surface area (Å²) < 4.78 is 5.09. The maximum Gasteiger partial charge on any atom is 0.380 e. The van der Waals surface area contributed by atoms with Gasteiger partial charge in [0.1, 0.15) is 6.54 Å². The van der Waals surface area contributed by atoms with E-state index in [1.165, 1.54) is 0 Å². The quantitative estimate of drug-likeness (QED) is 0.161. The van der Waals surface area contributed by atoms with Gasteiger partial charge in [-0.05, 0) is 19.1 Å². The van der Waals surface area contributed by atoms with Crippen molar-refractivity contribution in [3.05, 3.63) is 0 Å². The van der Waals surface area contributed by atoms with Gasteiger partial charge in [-0.15, -0.1) is 0 Å². The number of ether oxygens (including phenoxy) is 1. The van der Waals surface area contributed by atoms with Gasteiger partial charge < -0.3 is 9.22 Å². The highest BCUT2D eigenvalue weighted by atomic mass is 32.1. The second kappa shape index (κ2) is 8.06. The molecule has 17 heavy (non-hydrogen) atoms. The molecule has 0 atom stereocenters. The van der Waals surface area contributed by atoms with Crippen LogP contribution >= 0.6 is 12.2 Å². The number of hydrogen-bond donors (Lipinski definition) is 0. The van der Waals surface area contributed by atoms with Crippen molar-refractivity contribution in [1.82, 2.24) is 0 Å². The molecule has 0 saturated heterocycles. The lowest BCUT2D eigenvalue weighted by Gasteiger charge is -2.28. The molecule has 0 radical (unpaired) electrons. The summed E-state index contributed by atoms with van der Waals surface area (Å²) in [6.07, 6.45) is 0.798. The minimum atomic E-state index is -0.754. The first-order valence-electron chi connectivity index (χ1n) is 5.48. The molecule has 0 amide bonds. The molecule has 0 N–H and O–H groups in total. The number of carbonyl (C=O) groups excluding carboxylic acids is 2. The van der Waals surface area contributed by atoms with E-state index >= 15 is 0 Å². The fraction of sp³-hybridized carbons (Fsp3) is 0.727. The smallest absolute Gasteiger partial charge is 0.380 e. The van der Waals surface area contributed by atoms with E-state index in [1.54, 1.807) is 6.92 Å². The Morgan fingerprint density at radius 3 is 2.59 bits per heavy atom. The predicted octanol–water partition coefficient (Wildman–Crippen LogP) is 0.688. The number of ketones is 1. The number of quaternary nitrogens is 1. The molecule has 96 valence electrons. The number of nitrogens with zero attached hydrogens (tertiary/aromatic N) is 2. The lowest BCUT2D eigenvalue weighted by molar-refractivity contribution is -0.882. The Morgan fingerprint density at radius 1 is 1.41 bits per heavy atom. The molecule has 0 aromatic heterocycles. The van der Waals surface area contributed by atoms with Gasteiger partial charge in [0.25, 0.3) is 5.78 Å². The van der Waals surface area contributed by atoms with Crippen molar-refractivity contribution in [2.45, 2.75) is 13.3 Å². The van der Waals surface area contributed by atoms with Gasteiger partial charge >= 0.3 is 5.97 Å². The zero-order valence-electron chi connectivity index (χ0n) is 10.6. The largest absolute Gasteiger partial charge is 0.460 e. The number of rotatable bonds is 8. The Kier molecular flexibility index (Phi) is 7.54. The SMILES string of the molecule is CCOC(=O)C(=O)C[N+](C)(C)CCCN=C=S. The lowest BCUT2D eigenvalue weighted by Crippen LogP contribution is -2.46. The molecule has 0 saturated carbocycles. The van der Waals surface area contributed by atoms with Crippen LogP contribution in [0.15, 0.2) is 4.99 Å². The van der Waals surface area contributed by atoms with Crippen molar-refractivity contribution in [2.75, 3.05) is 40.3 Å². The first-order valence-corrected chi connectivity index (χ1v) is 5.89. The van der Waals surface area contributed by atoms with E-state index in [2.05, 4.69) is 27.1 Å². The molecule has 0 unspecified atom stereocenters.